The van der Waals surface area contributed by atoms with Gasteiger partial charge >= 0.3 is 5.97 Å². The van der Waals surface area contributed by atoms with Crippen LogP contribution in [0.15, 0.2) is 76.3 Å². The molecule has 2 atom stereocenters. The van der Waals surface area contributed by atoms with Crippen LogP contribution in [0.3, 0.4) is 0 Å². The van der Waals surface area contributed by atoms with Gasteiger partial charge in [-0.15, -0.1) is 0 Å². The molecule has 5 nitrogen and oxygen atoms in total. The molecule has 27 heavy (non-hydrogen) atoms. The maximum Gasteiger partial charge on any atom is 0.325 e. The van der Waals surface area contributed by atoms with E-state index in [-0.39, 0.29) is 17.2 Å². The Hall–Kier alpha value is -2.48. The summed E-state index contributed by atoms with van der Waals surface area (Å²) in [6.45, 7) is 0. The number of carbonyl (C=O) groups is 1. The highest BCUT2D eigenvalue weighted by Crippen LogP contribution is 2.52. The summed E-state index contributed by atoms with van der Waals surface area (Å²) < 4.78 is 28.0. The van der Waals surface area contributed by atoms with Crippen LogP contribution in [0.25, 0.3) is 11.1 Å². The standard InChI is InChI=1S/C20H17NO4S2/c22-19(23)20(12-18(20)15-4-2-1-3-5-15)21-27(24,25)17-8-6-14(7-9-17)16-10-11-26-13-16/h1-11,13,18,21H,12H2,(H,22,23). The van der Waals surface area contributed by atoms with E-state index in [2.05, 4.69) is 4.72 Å². The summed E-state index contributed by atoms with van der Waals surface area (Å²) in [4.78, 5) is 11.9. The zero-order chi connectivity index (χ0) is 19.1. The van der Waals surface area contributed by atoms with Gasteiger partial charge in [0.05, 0.1) is 4.90 Å². The van der Waals surface area contributed by atoms with Gasteiger partial charge in [0.1, 0.15) is 5.54 Å². The van der Waals surface area contributed by atoms with Gasteiger partial charge in [0.15, 0.2) is 0 Å². The van der Waals surface area contributed by atoms with Crippen molar-refractivity contribution in [3.63, 3.8) is 0 Å². The van der Waals surface area contributed by atoms with Crippen LogP contribution in [0.2, 0.25) is 0 Å². The molecule has 1 aliphatic carbocycles. The molecule has 1 heterocycles. The molecule has 0 radical (unpaired) electrons. The molecule has 7 heteroatoms. The molecule has 0 aliphatic heterocycles. The van der Waals surface area contributed by atoms with E-state index in [1.54, 1.807) is 23.5 Å². The molecule has 0 spiro atoms. The van der Waals surface area contributed by atoms with Crippen molar-refractivity contribution < 1.29 is 18.3 Å². The average molecular weight is 399 g/mol. The molecule has 1 aliphatic rings. The van der Waals surface area contributed by atoms with E-state index in [9.17, 15) is 18.3 Å². The molecule has 1 saturated carbocycles. The fraction of sp³-hybridized carbons (Fsp3) is 0.150. The van der Waals surface area contributed by atoms with Gasteiger partial charge in [-0.2, -0.15) is 16.1 Å². The second-order valence-electron chi connectivity index (χ2n) is 6.59. The number of benzene rings is 2. The van der Waals surface area contributed by atoms with Gasteiger partial charge < -0.3 is 5.11 Å². The topological polar surface area (TPSA) is 83.5 Å². The maximum atomic E-state index is 12.8. The Morgan fingerprint density at radius 1 is 1.04 bits per heavy atom. The normalized spacial score (nSPS) is 21.7. The van der Waals surface area contributed by atoms with Gasteiger partial charge in [-0.25, -0.2) is 8.42 Å². The molecule has 3 aromatic rings. The first-order chi connectivity index (χ1) is 12.9. The van der Waals surface area contributed by atoms with E-state index < -0.39 is 21.5 Å². The lowest BCUT2D eigenvalue weighted by molar-refractivity contribution is -0.140. The second-order valence-corrected chi connectivity index (χ2v) is 9.05. The number of thiophene rings is 1. The third-order valence-electron chi connectivity index (χ3n) is 4.88. The number of carboxylic acids is 1. The number of sulfonamides is 1. The highest BCUT2D eigenvalue weighted by atomic mass is 32.2. The second kappa shape index (κ2) is 6.60. The molecule has 0 bridgehead atoms. The van der Waals surface area contributed by atoms with Crippen molar-refractivity contribution in [2.24, 2.45) is 0 Å². The largest absolute Gasteiger partial charge is 0.480 e. The molecule has 2 aromatic carbocycles. The van der Waals surface area contributed by atoms with Crippen LogP contribution in [0.1, 0.15) is 17.9 Å². The van der Waals surface area contributed by atoms with Crippen LogP contribution in [-0.2, 0) is 14.8 Å². The Balaban J connectivity index is 1.59. The minimum Gasteiger partial charge on any atom is -0.480 e. The predicted molar refractivity (Wildman–Crippen MR) is 104 cm³/mol. The van der Waals surface area contributed by atoms with Crippen molar-refractivity contribution in [1.29, 1.82) is 0 Å². The van der Waals surface area contributed by atoms with Gasteiger partial charge in [0.25, 0.3) is 0 Å². The van der Waals surface area contributed by atoms with Crippen LogP contribution in [0.4, 0.5) is 0 Å². The van der Waals surface area contributed by atoms with E-state index in [1.165, 1.54) is 12.1 Å². The Morgan fingerprint density at radius 2 is 1.74 bits per heavy atom. The summed E-state index contributed by atoms with van der Waals surface area (Å²) >= 11 is 1.57. The van der Waals surface area contributed by atoms with Crippen molar-refractivity contribution >= 4 is 27.3 Å². The quantitative estimate of drug-likeness (QED) is 0.662. The summed E-state index contributed by atoms with van der Waals surface area (Å²) in [5.74, 6) is -1.54. The molecule has 4 rings (SSSR count). The summed E-state index contributed by atoms with van der Waals surface area (Å²) in [5, 5.41) is 13.6. The first kappa shape index (κ1) is 17.9. The van der Waals surface area contributed by atoms with Crippen molar-refractivity contribution in [2.45, 2.75) is 22.8 Å². The van der Waals surface area contributed by atoms with E-state index in [0.29, 0.717) is 0 Å². The molecular weight excluding hydrogens is 382 g/mol. The first-order valence-corrected chi connectivity index (χ1v) is 10.8. The minimum absolute atomic E-state index is 0.0563. The third-order valence-corrected chi connectivity index (χ3v) is 7.09. The van der Waals surface area contributed by atoms with Crippen LogP contribution in [0.5, 0.6) is 0 Å². The number of nitrogens with one attached hydrogen (secondary N) is 1. The lowest BCUT2D eigenvalue weighted by atomic mass is 10.1. The maximum absolute atomic E-state index is 12.8. The molecule has 1 aromatic heterocycles. The lowest BCUT2D eigenvalue weighted by Crippen LogP contribution is -2.44. The van der Waals surface area contributed by atoms with Crippen LogP contribution < -0.4 is 4.72 Å². The molecule has 2 unspecified atom stereocenters. The smallest absolute Gasteiger partial charge is 0.325 e. The van der Waals surface area contributed by atoms with E-state index in [1.807, 2.05) is 47.2 Å². The number of hydrogen-bond donors (Lipinski definition) is 2. The first-order valence-electron chi connectivity index (χ1n) is 8.37. The number of carboxylic acid groups (broad SMARTS) is 1. The highest BCUT2D eigenvalue weighted by molar-refractivity contribution is 7.89. The number of aliphatic carboxylic acids is 1. The van der Waals surface area contributed by atoms with E-state index in [4.69, 9.17) is 0 Å². The summed E-state index contributed by atoms with van der Waals surface area (Å²) in [5.41, 5.74) is 1.25. The molecule has 138 valence electrons. The van der Waals surface area contributed by atoms with Gasteiger partial charge in [0.2, 0.25) is 10.0 Å². The highest BCUT2D eigenvalue weighted by Gasteiger charge is 2.63. The minimum atomic E-state index is -3.96. The monoisotopic (exact) mass is 399 g/mol. The van der Waals surface area contributed by atoms with Crippen molar-refractivity contribution in [2.75, 3.05) is 0 Å². The number of rotatable bonds is 6. The zero-order valence-corrected chi connectivity index (χ0v) is 15.8. The average Bonchev–Trinajstić information content (AvgIpc) is 3.13. The molecule has 2 N–H and O–H groups in total. The Kier molecular flexibility index (Phi) is 4.38. The summed E-state index contributed by atoms with van der Waals surface area (Å²) in [7, 11) is -3.96. The summed E-state index contributed by atoms with van der Waals surface area (Å²) in [6.07, 6.45) is 0.235. The lowest BCUT2D eigenvalue weighted by Gasteiger charge is -2.16. The number of hydrogen-bond acceptors (Lipinski definition) is 4. The van der Waals surface area contributed by atoms with Crippen molar-refractivity contribution in [3.8, 4) is 11.1 Å². The molecular formula is C20H17NO4S2. The van der Waals surface area contributed by atoms with Crippen LogP contribution in [-0.4, -0.2) is 25.0 Å². The van der Waals surface area contributed by atoms with Gasteiger partial charge in [-0.3, -0.25) is 4.79 Å². The SMILES string of the molecule is O=C(O)C1(NS(=O)(=O)c2ccc(-c3ccsc3)cc2)CC1c1ccccc1. The van der Waals surface area contributed by atoms with Crippen LogP contribution in [0, 0.1) is 0 Å². The molecule has 1 fully saturated rings. The van der Waals surface area contributed by atoms with Crippen LogP contribution >= 0.6 is 11.3 Å². The third kappa shape index (κ3) is 3.29. The van der Waals surface area contributed by atoms with Gasteiger partial charge in [-0.05, 0) is 52.1 Å². The summed E-state index contributed by atoms with van der Waals surface area (Å²) in [6, 6.07) is 17.5. The zero-order valence-electron chi connectivity index (χ0n) is 14.2. The Labute approximate surface area is 161 Å². The fourth-order valence-corrected chi connectivity index (χ4v) is 5.37. The van der Waals surface area contributed by atoms with E-state index in [0.717, 1.165) is 16.7 Å². The Bertz CT molecular complexity index is 1060. The fourth-order valence-electron chi connectivity index (χ4n) is 3.30. The Morgan fingerprint density at radius 3 is 2.33 bits per heavy atom. The molecule has 0 saturated heterocycles. The predicted octanol–water partition coefficient (Wildman–Crippen LogP) is 3.70. The van der Waals surface area contributed by atoms with Crippen molar-refractivity contribution in [1.82, 2.24) is 4.72 Å². The van der Waals surface area contributed by atoms with Gasteiger partial charge in [0, 0.05) is 5.92 Å². The van der Waals surface area contributed by atoms with E-state index >= 15 is 0 Å². The van der Waals surface area contributed by atoms with Gasteiger partial charge in [-0.1, -0.05) is 42.5 Å². The molecule has 0 amide bonds. The van der Waals surface area contributed by atoms with Crippen molar-refractivity contribution in [3.05, 3.63) is 77.0 Å².